The number of fused-ring (bicyclic) bond motifs is 1. The highest BCUT2D eigenvalue weighted by Crippen LogP contribution is 2.26. The summed E-state index contributed by atoms with van der Waals surface area (Å²) < 4.78 is 6.13. The lowest BCUT2D eigenvalue weighted by Gasteiger charge is -2.27. The van der Waals surface area contributed by atoms with Crippen molar-refractivity contribution in [1.82, 2.24) is 14.9 Å². The Bertz CT molecular complexity index is 714. The lowest BCUT2D eigenvalue weighted by molar-refractivity contribution is 0.0827. The second-order valence-corrected chi connectivity index (χ2v) is 6.21. The zero-order valence-corrected chi connectivity index (χ0v) is 14.1. The minimum Gasteiger partial charge on any atom is -0.378 e. The van der Waals surface area contributed by atoms with E-state index in [1.54, 1.807) is 37.3 Å². The van der Waals surface area contributed by atoms with Crippen LogP contribution in [-0.2, 0) is 4.74 Å². The summed E-state index contributed by atoms with van der Waals surface area (Å²) in [6, 6.07) is 3.57. The summed E-state index contributed by atoms with van der Waals surface area (Å²) in [5.74, 6) is 0.782. The fourth-order valence-electron chi connectivity index (χ4n) is 2.39. The molecule has 0 N–H and O–H groups in total. The Morgan fingerprint density at radius 2 is 2.05 bits per heavy atom. The number of benzene rings is 1. The quantitative estimate of drug-likeness (QED) is 0.814. The first-order valence-corrected chi connectivity index (χ1v) is 7.86. The van der Waals surface area contributed by atoms with Crippen molar-refractivity contribution in [3.8, 4) is 0 Å². The Balaban J connectivity index is 2.00. The van der Waals surface area contributed by atoms with Gasteiger partial charge in [0, 0.05) is 37.2 Å². The third-order valence-electron chi connectivity index (χ3n) is 3.58. The van der Waals surface area contributed by atoms with Crippen LogP contribution < -0.4 is 4.90 Å². The third kappa shape index (κ3) is 2.91. The van der Waals surface area contributed by atoms with Gasteiger partial charge in [0.05, 0.1) is 24.9 Å². The number of halogens is 1. The fraction of sp³-hybridized carbons (Fsp3) is 0.400. The number of rotatable bonds is 2. The molecule has 1 aliphatic rings. The van der Waals surface area contributed by atoms with Gasteiger partial charge in [-0.1, -0.05) is 0 Å². The molecule has 0 saturated carbocycles. The summed E-state index contributed by atoms with van der Waals surface area (Å²) in [5.41, 5.74) is 2.06. The minimum absolute atomic E-state index is 0.0540. The Morgan fingerprint density at radius 3 is 2.73 bits per heavy atom. The van der Waals surface area contributed by atoms with E-state index < -0.39 is 0 Å². The Kier molecular flexibility index (Phi) is 4.26. The van der Waals surface area contributed by atoms with Crippen molar-refractivity contribution in [2.24, 2.45) is 0 Å². The summed E-state index contributed by atoms with van der Waals surface area (Å²) in [7, 11) is 3.46. The van der Waals surface area contributed by atoms with Crippen LogP contribution in [-0.4, -0.2) is 61.2 Å². The van der Waals surface area contributed by atoms with Crippen LogP contribution in [0.5, 0.6) is 0 Å². The van der Waals surface area contributed by atoms with Crippen LogP contribution in [0.3, 0.4) is 0 Å². The third-order valence-corrected chi connectivity index (χ3v) is 4.18. The van der Waals surface area contributed by atoms with Gasteiger partial charge in [0.15, 0.2) is 0 Å². The molecule has 3 rings (SSSR count). The van der Waals surface area contributed by atoms with E-state index >= 15 is 0 Å². The molecule has 1 aromatic heterocycles. The fourth-order valence-corrected chi connectivity index (χ4v) is 2.93. The smallest absolute Gasteiger partial charge is 0.253 e. The maximum atomic E-state index is 12.1. The monoisotopic (exact) mass is 364 g/mol. The Hall–Kier alpha value is -1.73. The molecule has 0 bridgehead atoms. The molecular formula is C15H17BrN4O2. The van der Waals surface area contributed by atoms with E-state index in [1.165, 1.54) is 0 Å². The second kappa shape index (κ2) is 6.18. The lowest BCUT2D eigenvalue weighted by Crippen LogP contribution is -2.36. The van der Waals surface area contributed by atoms with Crippen LogP contribution in [0.1, 0.15) is 10.4 Å². The molecule has 2 heterocycles. The highest BCUT2D eigenvalue weighted by Gasteiger charge is 2.16. The van der Waals surface area contributed by atoms with E-state index in [9.17, 15) is 4.79 Å². The maximum Gasteiger partial charge on any atom is 0.253 e. The predicted octanol–water partition coefficient (Wildman–Crippen LogP) is 1.93. The summed E-state index contributed by atoms with van der Waals surface area (Å²) >= 11 is 3.51. The Morgan fingerprint density at radius 1 is 1.32 bits per heavy atom. The van der Waals surface area contributed by atoms with Crippen molar-refractivity contribution in [1.29, 1.82) is 0 Å². The van der Waals surface area contributed by atoms with Crippen LogP contribution in [0.2, 0.25) is 0 Å². The number of amides is 1. The molecule has 1 fully saturated rings. The zero-order chi connectivity index (χ0) is 15.7. The number of anilines is 1. The number of aromatic nitrogens is 2. The van der Waals surface area contributed by atoms with Crippen molar-refractivity contribution in [3.05, 3.63) is 28.4 Å². The molecule has 0 atom stereocenters. The highest BCUT2D eigenvalue weighted by molar-refractivity contribution is 9.10. The van der Waals surface area contributed by atoms with Gasteiger partial charge in [0.1, 0.15) is 11.3 Å². The van der Waals surface area contributed by atoms with E-state index in [0.29, 0.717) is 24.3 Å². The van der Waals surface area contributed by atoms with E-state index in [2.05, 4.69) is 30.8 Å². The largest absolute Gasteiger partial charge is 0.378 e. The number of ether oxygens (including phenoxy) is 1. The number of carbonyl (C=O) groups excluding carboxylic acids is 1. The van der Waals surface area contributed by atoms with Crippen molar-refractivity contribution in [2.45, 2.75) is 0 Å². The van der Waals surface area contributed by atoms with Gasteiger partial charge >= 0.3 is 0 Å². The lowest BCUT2D eigenvalue weighted by atomic mass is 10.1. The van der Waals surface area contributed by atoms with Crippen LogP contribution >= 0.6 is 15.9 Å². The summed E-state index contributed by atoms with van der Waals surface area (Å²) in [6.07, 6.45) is 1.75. The van der Waals surface area contributed by atoms with Gasteiger partial charge in [-0.3, -0.25) is 9.78 Å². The molecule has 0 unspecified atom stereocenters. The van der Waals surface area contributed by atoms with E-state index in [0.717, 1.165) is 28.9 Å². The molecule has 1 aromatic carbocycles. The first kappa shape index (κ1) is 15.2. The highest BCUT2D eigenvalue weighted by atomic mass is 79.9. The van der Waals surface area contributed by atoms with Crippen LogP contribution in [0.4, 0.5) is 5.82 Å². The first-order valence-electron chi connectivity index (χ1n) is 7.07. The van der Waals surface area contributed by atoms with Crippen molar-refractivity contribution < 1.29 is 9.53 Å². The number of nitrogens with zero attached hydrogens (tertiary/aromatic N) is 4. The topological polar surface area (TPSA) is 58.6 Å². The van der Waals surface area contributed by atoms with Gasteiger partial charge in [0.25, 0.3) is 5.91 Å². The van der Waals surface area contributed by atoms with E-state index in [4.69, 9.17) is 4.74 Å². The molecule has 1 saturated heterocycles. The number of hydrogen-bond acceptors (Lipinski definition) is 5. The average molecular weight is 365 g/mol. The van der Waals surface area contributed by atoms with Crippen molar-refractivity contribution >= 4 is 38.7 Å². The molecule has 0 spiro atoms. The molecule has 1 amide bonds. The molecule has 116 valence electrons. The van der Waals surface area contributed by atoms with Gasteiger partial charge in [-0.2, -0.15) is 0 Å². The molecule has 2 aromatic rings. The normalized spacial score (nSPS) is 15.1. The van der Waals surface area contributed by atoms with Crippen molar-refractivity contribution in [3.63, 3.8) is 0 Å². The molecule has 0 aliphatic carbocycles. The molecular weight excluding hydrogens is 348 g/mol. The first-order chi connectivity index (χ1) is 10.6. The summed E-state index contributed by atoms with van der Waals surface area (Å²) in [5, 5.41) is 0. The Labute approximate surface area is 137 Å². The SMILES string of the molecule is CN(C)C(=O)c1cc(Br)c2nc(N3CCOCC3)cnc2c1. The standard InChI is InChI=1S/C15H17BrN4O2/c1-19(2)15(21)10-7-11(16)14-12(8-10)17-9-13(18-14)20-3-5-22-6-4-20/h7-9H,3-6H2,1-2H3. The van der Waals surface area contributed by atoms with Crippen LogP contribution in [0.25, 0.3) is 11.0 Å². The van der Waals surface area contributed by atoms with Gasteiger partial charge in [-0.15, -0.1) is 0 Å². The maximum absolute atomic E-state index is 12.1. The number of carbonyl (C=O) groups is 1. The zero-order valence-electron chi connectivity index (χ0n) is 12.5. The van der Waals surface area contributed by atoms with E-state index in [-0.39, 0.29) is 5.91 Å². The second-order valence-electron chi connectivity index (χ2n) is 5.35. The van der Waals surface area contributed by atoms with E-state index in [1.807, 2.05) is 0 Å². The van der Waals surface area contributed by atoms with Gasteiger partial charge < -0.3 is 14.5 Å². The average Bonchev–Trinajstić information content (AvgIpc) is 2.54. The predicted molar refractivity (Wildman–Crippen MR) is 88.3 cm³/mol. The summed E-state index contributed by atoms with van der Waals surface area (Å²) in [6.45, 7) is 3.04. The summed E-state index contributed by atoms with van der Waals surface area (Å²) in [4.78, 5) is 24.9. The van der Waals surface area contributed by atoms with Gasteiger partial charge in [-0.05, 0) is 28.1 Å². The number of hydrogen-bond donors (Lipinski definition) is 0. The minimum atomic E-state index is -0.0540. The van der Waals surface area contributed by atoms with Gasteiger partial charge in [-0.25, -0.2) is 4.98 Å². The van der Waals surface area contributed by atoms with Gasteiger partial charge in [0.2, 0.25) is 0 Å². The molecule has 0 radical (unpaired) electrons. The van der Waals surface area contributed by atoms with Crippen LogP contribution in [0, 0.1) is 0 Å². The van der Waals surface area contributed by atoms with Crippen LogP contribution in [0.15, 0.2) is 22.8 Å². The molecule has 7 heteroatoms. The molecule has 22 heavy (non-hydrogen) atoms. The number of morpholine rings is 1. The molecule has 1 aliphatic heterocycles. The van der Waals surface area contributed by atoms with Crippen molar-refractivity contribution in [2.75, 3.05) is 45.3 Å². The molecule has 6 nitrogen and oxygen atoms in total.